The van der Waals surface area contributed by atoms with Gasteiger partial charge in [0.2, 0.25) is 5.90 Å². The summed E-state index contributed by atoms with van der Waals surface area (Å²) >= 11 is 13.0. The minimum absolute atomic E-state index is 0.0505. The standard InChI is InChI=1S/C35H34Cl2N2O6/c1-42-30-16-9-24(19-31(30)43-2)22-38-34(41)35(21-23-7-4-3-5-8-23)32(28-15-12-26(36)20-29(28)37)45-33(39-35)25-10-13-27(14-11-25)44-18-6-17-40/h3-5,7-16,19-20,32,40H,6,17-18,21-22H2,1-2H3,(H,38,41)/t32-,35-/m1/s1. The molecule has 2 N–H and O–H groups in total. The first-order valence-electron chi connectivity index (χ1n) is 14.5. The van der Waals surface area contributed by atoms with Crippen LogP contribution < -0.4 is 19.5 Å². The molecule has 8 nitrogen and oxygen atoms in total. The highest BCUT2D eigenvalue weighted by Gasteiger charge is 2.53. The first-order chi connectivity index (χ1) is 21.9. The van der Waals surface area contributed by atoms with Crippen LogP contribution in [-0.4, -0.2) is 49.9 Å². The molecular formula is C35H34Cl2N2O6. The predicted molar refractivity (Wildman–Crippen MR) is 175 cm³/mol. The van der Waals surface area contributed by atoms with Crippen LogP contribution in [0.3, 0.4) is 0 Å². The normalized spacial score (nSPS) is 17.3. The molecule has 4 aromatic carbocycles. The minimum atomic E-state index is -1.43. The van der Waals surface area contributed by atoms with Crippen LogP contribution >= 0.6 is 23.2 Å². The lowest BCUT2D eigenvalue weighted by molar-refractivity contribution is -0.129. The quantitative estimate of drug-likeness (QED) is 0.159. The van der Waals surface area contributed by atoms with Gasteiger partial charge in [0.05, 0.1) is 20.8 Å². The molecule has 1 aliphatic rings. The highest BCUT2D eigenvalue weighted by molar-refractivity contribution is 6.35. The van der Waals surface area contributed by atoms with Gasteiger partial charge in [0.25, 0.3) is 5.91 Å². The largest absolute Gasteiger partial charge is 0.494 e. The Hall–Kier alpha value is -4.24. The lowest BCUT2D eigenvalue weighted by Crippen LogP contribution is -2.49. The van der Waals surface area contributed by atoms with E-state index in [-0.39, 0.29) is 25.5 Å². The first-order valence-corrected chi connectivity index (χ1v) is 15.2. The lowest BCUT2D eigenvalue weighted by atomic mass is 9.82. The highest BCUT2D eigenvalue weighted by Crippen LogP contribution is 2.45. The van der Waals surface area contributed by atoms with Crippen molar-refractivity contribution in [3.8, 4) is 17.2 Å². The number of aliphatic hydroxyl groups is 1. The summed E-state index contributed by atoms with van der Waals surface area (Å²) in [6, 6.07) is 27.5. The molecule has 0 saturated carbocycles. The van der Waals surface area contributed by atoms with Crippen LogP contribution in [0.25, 0.3) is 0 Å². The Morgan fingerprint density at radius 1 is 0.933 bits per heavy atom. The number of methoxy groups -OCH3 is 2. The van der Waals surface area contributed by atoms with Gasteiger partial charge in [-0.3, -0.25) is 4.79 Å². The summed E-state index contributed by atoms with van der Waals surface area (Å²) < 4.78 is 23.1. The molecule has 4 aromatic rings. The Morgan fingerprint density at radius 2 is 1.69 bits per heavy atom. The van der Waals surface area contributed by atoms with Gasteiger partial charge in [-0.1, -0.05) is 65.7 Å². The fourth-order valence-electron chi connectivity index (χ4n) is 5.21. The summed E-state index contributed by atoms with van der Waals surface area (Å²) in [5, 5.41) is 13.0. The van der Waals surface area contributed by atoms with Crippen molar-refractivity contribution in [2.75, 3.05) is 27.4 Å². The number of hydrogen-bond donors (Lipinski definition) is 2. The van der Waals surface area contributed by atoms with E-state index >= 15 is 0 Å². The Balaban J connectivity index is 1.55. The summed E-state index contributed by atoms with van der Waals surface area (Å²) in [4.78, 5) is 19.6. The van der Waals surface area contributed by atoms with E-state index in [1.807, 2.05) is 54.6 Å². The molecule has 0 radical (unpaired) electrons. The third kappa shape index (κ3) is 7.36. The second-order valence-corrected chi connectivity index (χ2v) is 11.3. The number of amides is 1. The van der Waals surface area contributed by atoms with E-state index in [0.717, 1.165) is 11.1 Å². The monoisotopic (exact) mass is 648 g/mol. The minimum Gasteiger partial charge on any atom is -0.494 e. The summed E-state index contributed by atoms with van der Waals surface area (Å²) in [6.07, 6.45) is -0.105. The summed E-state index contributed by atoms with van der Waals surface area (Å²) in [5.74, 6) is 1.75. The first kappa shape index (κ1) is 32.2. The number of aliphatic hydroxyl groups excluding tert-OH is 1. The molecule has 45 heavy (non-hydrogen) atoms. The van der Waals surface area contributed by atoms with Crippen molar-refractivity contribution in [3.05, 3.63) is 123 Å². The molecule has 1 aliphatic heterocycles. The second-order valence-electron chi connectivity index (χ2n) is 10.5. The maximum atomic E-state index is 14.5. The van der Waals surface area contributed by atoms with Crippen molar-refractivity contribution in [1.82, 2.24) is 5.32 Å². The third-order valence-corrected chi connectivity index (χ3v) is 8.05. The molecule has 1 heterocycles. The zero-order valence-corrected chi connectivity index (χ0v) is 26.5. The Bertz CT molecular complexity index is 1650. The number of nitrogens with one attached hydrogen (secondary N) is 1. The van der Waals surface area contributed by atoms with Crippen LogP contribution in [0.1, 0.15) is 34.8 Å². The van der Waals surface area contributed by atoms with Gasteiger partial charge in [0, 0.05) is 47.2 Å². The summed E-state index contributed by atoms with van der Waals surface area (Å²) in [6.45, 7) is 0.654. The molecule has 0 saturated heterocycles. The Morgan fingerprint density at radius 3 is 2.38 bits per heavy atom. The number of rotatable bonds is 13. The third-order valence-electron chi connectivity index (χ3n) is 7.49. The van der Waals surface area contributed by atoms with Gasteiger partial charge >= 0.3 is 0 Å². The van der Waals surface area contributed by atoms with E-state index in [2.05, 4.69) is 5.32 Å². The molecule has 1 amide bonds. The van der Waals surface area contributed by atoms with Crippen molar-refractivity contribution in [3.63, 3.8) is 0 Å². The van der Waals surface area contributed by atoms with Crippen LogP contribution in [0.15, 0.2) is 96.0 Å². The van der Waals surface area contributed by atoms with Gasteiger partial charge in [-0.25, -0.2) is 4.99 Å². The number of carbonyl (C=O) groups is 1. The average molecular weight is 650 g/mol. The van der Waals surface area contributed by atoms with Gasteiger partial charge in [-0.15, -0.1) is 0 Å². The van der Waals surface area contributed by atoms with Crippen molar-refractivity contribution >= 4 is 35.0 Å². The van der Waals surface area contributed by atoms with E-state index in [1.54, 1.807) is 50.6 Å². The van der Waals surface area contributed by atoms with Crippen LogP contribution in [0.2, 0.25) is 10.0 Å². The molecule has 0 aliphatic carbocycles. The number of hydrogen-bond acceptors (Lipinski definition) is 7. The number of benzene rings is 4. The van der Waals surface area contributed by atoms with Gasteiger partial charge in [-0.2, -0.15) is 0 Å². The highest BCUT2D eigenvalue weighted by atomic mass is 35.5. The number of aliphatic imine (C=N–C) groups is 1. The van der Waals surface area contributed by atoms with Crippen molar-refractivity contribution < 1.29 is 28.8 Å². The van der Waals surface area contributed by atoms with Crippen molar-refractivity contribution in [2.45, 2.75) is 31.0 Å². The predicted octanol–water partition coefficient (Wildman–Crippen LogP) is 6.59. The fourth-order valence-corrected chi connectivity index (χ4v) is 5.71. The maximum Gasteiger partial charge on any atom is 0.252 e. The average Bonchev–Trinajstić information content (AvgIpc) is 3.44. The van der Waals surface area contributed by atoms with Gasteiger partial charge in [0.15, 0.2) is 23.1 Å². The molecule has 0 spiro atoms. The smallest absolute Gasteiger partial charge is 0.252 e. The van der Waals surface area contributed by atoms with E-state index in [0.29, 0.717) is 57.3 Å². The Kier molecular flexibility index (Phi) is 10.5. The zero-order valence-electron chi connectivity index (χ0n) is 25.0. The van der Waals surface area contributed by atoms with E-state index in [4.69, 9.17) is 52.2 Å². The van der Waals surface area contributed by atoms with Crippen LogP contribution in [0.4, 0.5) is 0 Å². The number of nitrogens with zero attached hydrogens (tertiary/aromatic N) is 1. The molecule has 234 valence electrons. The molecule has 10 heteroatoms. The van der Waals surface area contributed by atoms with Crippen LogP contribution in [0.5, 0.6) is 17.2 Å². The molecule has 0 fully saturated rings. The van der Waals surface area contributed by atoms with E-state index < -0.39 is 11.6 Å². The molecule has 0 aromatic heterocycles. The summed E-state index contributed by atoms with van der Waals surface area (Å²) in [7, 11) is 3.14. The number of carbonyl (C=O) groups excluding carboxylic acids is 1. The topological polar surface area (TPSA) is 98.6 Å². The van der Waals surface area contributed by atoms with Crippen LogP contribution in [0, 0.1) is 0 Å². The number of ether oxygens (including phenoxy) is 4. The molecule has 2 atom stereocenters. The van der Waals surface area contributed by atoms with Gasteiger partial charge in [-0.05, 0) is 59.7 Å². The molecule has 5 rings (SSSR count). The second kappa shape index (κ2) is 14.7. The molecular weight excluding hydrogens is 615 g/mol. The SMILES string of the molecule is COc1ccc(CNC(=O)[C@]2(Cc3ccccc3)N=C(c3ccc(OCCCO)cc3)O[C@@H]2c2ccc(Cl)cc2Cl)cc1OC. The summed E-state index contributed by atoms with van der Waals surface area (Å²) in [5.41, 5.74) is 1.54. The maximum absolute atomic E-state index is 14.5. The Labute approximate surface area is 272 Å². The van der Waals surface area contributed by atoms with Crippen molar-refractivity contribution in [1.29, 1.82) is 0 Å². The molecule has 0 unspecified atom stereocenters. The van der Waals surface area contributed by atoms with Crippen LogP contribution in [-0.2, 0) is 22.5 Å². The van der Waals surface area contributed by atoms with E-state index in [1.165, 1.54) is 0 Å². The van der Waals surface area contributed by atoms with E-state index in [9.17, 15) is 4.79 Å². The van der Waals surface area contributed by atoms with Gasteiger partial charge < -0.3 is 29.4 Å². The van der Waals surface area contributed by atoms with Crippen molar-refractivity contribution in [2.24, 2.45) is 4.99 Å². The molecule has 0 bridgehead atoms. The number of halogens is 2. The zero-order chi connectivity index (χ0) is 31.8. The fraction of sp³-hybridized carbons (Fsp3) is 0.257. The lowest BCUT2D eigenvalue weighted by Gasteiger charge is -2.31. The van der Waals surface area contributed by atoms with Gasteiger partial charge in [0.1, 0.15) is 5.75 Å².